The van der Waals surface area contributed by atoms with Crippen LogP contribution in [0.25, 0.3) is 10.9 Å². The molecule has 1 aliphatic heterocycles. The van der Waals surface area contributed by atoms with Crippen LogP contribution in [0.2, 0.25) is 0 Å². The first-order valence-corrected chi connectivity index (χ1v) is 7.57. The Bertz CT molecular complexity index is 761. The van der Waals surface area contributed by atoms with E-state index in [9.17, 15) is 9.59 Å². The number of pyridine rings is 1. The molecule has 1 N–H and O–H groups in total. The highest BCUT2D eigenvalue weighted by molar-refractivity contribution is 5.98. The van der Waals surface area contributed by atoms with Gasteiger partial charge in [-0.05, 0) is 31.4 Å². The molecular formula is C17H20N2O2. The van der Waals surface area contributed by atoms with Gasteiger partial charge < -0.3 is 9.88 Å². The normalized spacial score (nSPS) is 14.4. The molecule has 1 atom stereocenters. The van der Waals surface area contributed by atoms with E-state index in [1.807, 2.05) is 29.7 Å². The zero-order valence-corrected chi connectivity index (χ0v) is 12.5. The molecule has 2 aromatic rings. The number of aromatic nitrogens is 1. The fourth-order valence-corrected chi connectivity index (χ4v) is 3.13. The van der Waals surface area contributed by atoms with Crippen LogP contribution in [-0.4, -0.2) is 16.5 Å². The molecule has 0 saturated heterocycles. The molecule has 4 nitrogen and oxygen atoms in total. The minimum Gasteiger partial charge on any atom is -0.349 e. The van der Waals surface area contributed by atoms with Crippen LogP contribution in [0.3, 0.4) is 0 Å². The molecule has 0 bridgehead atoms. The summed E-state index contributed by atoms with van der Waals surface area (Å²) >= 11 is 0. The van der Waals surface area contributed by atoms with E-state index in [1.54, 1.807) is 6.20 Å². The van der Waals surface area contributed by atoms with Crippen LogP contribution in [0.15, 0.2) is 29.2 Å². The smallest absolute Gasteiger partial charge is 0.256 e. The molecule has 0 spiro atoms. The number of benzene rings is 1. The molecule has 110 valence electrons. The number of carbonyl (C=O) groups is 1. The first-order chi connectivity index (χ1) is 10.1. The van der Waals surface area contributed by atoms with Gasteiger partial charge in [0, 0.05) is 24.2 Å². The lowest BCUT2D eigenvalue weighted by Gasteiger charge is -2.13. The maximum atomic E-state index is 12.6. The van der Waals surface area contributed by atoms with Crippen LogP contribution >= 0.6 is 0 Å². The Kier molecular flexibility index (Phi) is 3.53. The molecule has 1 aromatic carbocycles. The summed E-state index contributed by atoms with van der Waals surface area (Å²) in [5, 5.41) is 3.57. The monoisotopic (exact) mass is 284 g/mol. The number of rotatable bonds is 4. The first kappa shape index (κ1) is 13.9. The summed E-state index contributed by atoms with van der Waals surface area (Å²) in [6.07, 6.45) is 4.56. The highest BCUT2D eigenvalue weighted by atomic mass is 16.2. The molecule has 1 aliphatic rings. The van der Waals surface area contributed by atoms with Gasteiger partial charge in [-0.15, -0.1) is 0 Å². The van der Waals surface area contributed by atoms with Crippen LogP contribution in [0, 0.1) is 0 Å². The molecular weight excluding hydrogens is 264 g/mol. The molecule has 2 heterocycles. The van der Waals surface area contributed by atoms with E-state index in [0.29, 0.717) is 5.39 Å². The van der Waals surface area contributed by atoms with Crippen LogP contribution in [-0.2, 0) is 13.0 Å². The van der Waals surface area contributed by atoms with Crippen molar-refractivity contribution in [2.45, 2.75) is 45.7 Å². The van der Waals surface area contributed by atoms with Gasteiger partial charge in [-0.25, -0.2) is 0 Å². The number of amides is 1. The topological polar surface area (TPSA) is 51.1 Å². The van der Waals surface area contributed by atoms with Gasteiger partial charge in [0.15, 0.2) is 0 Å². The third-order valence-electron chi connectivity index (χ3n) is 4.15. The molecule has 1 amide bonds. The summed E-state index contributed by atoms with van der Waals surface area (Å²) < 4.78 is 2.03. The predicted octanol–water partition coefficient (Wildman–Crippen LogP) is 2.48. The third-order valence-corrected chi connectivity index (χ3v) is 4.15. The molecule has 0 aliphatic carbocycles. The number of para-hydroxylation sites is 1. The number of carbonyl (C=O) groups excluding carboxylic acids is 1. The molecule has 3 rings (SSSR count). The van der Waals surface area contributed by atoms with E-state index in [0.717, 1.165) is 31.3 Å². The van der Waals surface area contributed by atoms with Crippen molar-refractivity contribution in [3.05, 3.63) is 45.7 Å². The summed E-state index contributed by atoms with van der Waals surface area (Å²) in [5.74, 6) is -0.260. The van der Waals surface area contributed by atoms with E-state index in [-0.39, 0.29) is 22.9 Å². The Morgan fingerprint density at radius 1 is 1.43 bits per heavy atom. The average molecular weight is 284 g/mol. The summed E-state index contributed by atoms with van der Waals surface area (Å²) in [6.45, 7) is 4.88. The number of nitrogens with one attached hydrogen (secondary N) is 1. The largest absolute Gasteiger partial charge is 0.349 e. The van der Waals surface area contributed by atoms with Gasteiger partial charge in [-0.1, -0.05) is 25.5 Å². The Labute approximate surface area is 123 Å². The van der Waals surface area contributed by atoms with Crippen molar-refractivity contribution >= 4 is 16.8 Å². The van der Waals surface area contributed by atoms with Gasteiger partial charge in [0.25, 0.3) is 5.91 Å². The molecule has 1 aromatic heterocycles. The van der Waals surface area contributed by atoms with Crippen molar-refractivity contribution in [1.82, 2.24) is 9.88 Å². The minimum absolute atomic E-state index is 0.0857. The Morgan fingerprint density at radius 2 is 2.24 bits per heavy atom. The Balaban J connectivity index is 2.04. The molecule has 4 heteroatoms. The molecule has 0 saturated carbocycles. The fraction of sp³-hybridized carbons (Fsp3) is 0.412. The second-order valence-corrected chi connectivity index (χ2v) is 5.79. The van der Waals surface area contributed by atoms with Crippen molar-refractivity contribution < 1.29 is 4.79 Å². The second kappa shape index (κ2) is 5.35. The second-order valence-electron chi connectivity index (χ2n) is 5.79. The zero-order valence-electron chi connectivity index (χ0n) is 12.5. The quantitative estimate of drug-likeness (QED) is 0.937. The number of hydrogen-bond acceptors (Lipinski definition) is 2. The molecule has 0 radical (unpaired) electrons. The highest BCUT2D eigenvalue weighted by Gasteiger charge is 2.20. The molecule has 1 unspecified atom stereocenters. The van der Waals surface area contributed by atoms with E-state index in [1.165, 1.54) is 5.56 Å². The van der Waals surface area contributed by atoms with E-state index in [2.05, 4.69) is 12.2 Å². The highest BCUT2D eigenvalue weighted by Crippen LogP contribution is 2.23. The summed E-state index contributed by atoms with van der Waals surface area (Å²) in [5.41, 5.74) is 2.27. The minimum atomic E-state index is -0.260. The zero-order chi connectivity index (χ0) is 15.0. The average Bonchev–Trinajstić information content (AvgIpc) is 2.87. The van der Waals surface area contributed by atoms with Crippen LogP contribution in [0.1, 0.15) is 42.6 Å². The van der Waals surface area contributed by atoms with Crippen molar-refractivity contribution in [1.29, 1.82) is 0 Å². The maximum Gasteiger partial charge on any atom is 0.256 e. The number of nitrogens with zero attached hydrogens (tertiary/aromatic N) is 1. The van der Waals surface area contributed by atoms with Gasteiger partial charge in [0.1, 0.15) is 5.56 Å². The standard InChI is InChI=1S/C17H20N2O2/c1-3-5-11(2)18-17(21)14-10-19-9-8-12-6-4-7-13(15(12)19)16(14)20/h4,6-7,10-11H,3,5,8-9H2,1-2H3,(H,18,21). The van der Waals surface area contributed by atoms with Crippen LogP contribution < -0.4 is 10.7 Å². The van der Waals surface area contributed by atoms with Gasteiger partial charge in [0.05, 0.1) is 5.52 Å². The summed E-state index contributed by atoms with van der Waals surface area (Å²) in [6, 6.07) is 5.85. The van der Waals surface area contributed by atoms with Gasteiger partial charge in [0.2, 0.25) is 5.43 Å². The SMILES string of the molecule is CCCC(C)NC(=O)c1cn2c3c(cccc3c1=O)CC2. The first-order valence-electron chi connectivity index (χ1n) is 7.57. The van der Waals surface area contributed by atoms with Gasteiger partial charge in [-0.2, -0.15) is 0 Å². The molecule has 0 fully saturated rings. The molecule has 21 heavy (non-hydrogen) atoms. The van der Waals surface area contributed by atoms with Crippen LogP contribution in [0.4, 0.5) is 0 Å². The van der Waals surface area contributed by atoms with E-state index >= 15 is 0 Å². The lowest BCUT2D eigenvalue weighted by Crippen LogP contribution is -2.35. The van der Waals surface area contributed by atoms with Crippen molar-refractivity contribution in [2.75, 3.05) is 0 Å². The number of aryl methyl sites for hydroxylation is 2. The summed E-state index contributed by atoms with van der Waals surface area (Å²) in [4.78, 5) is 24.9. The van der Waals surface area contributed by atoms with Gasteiger partial charge >= 0.3 is 0 Å². The lowest BCUT2D eigenvalue weighted by atomic mass is 10.1. The Hall–Kier alpha value is -2.10. The van der Waals surface area contributed by atoms with Crippen molar-refractivity contribution in [2.24, 2.45) is 0 Å². The van der Waals surface area contributed by atoms with Crippen LogP contribution in [0.5, 0.6) is 0 Å². The summed E-state index contributed by atoms with van der Waals surface area (Å²) in [7, 11) is 0. The Morgan fingerprint density at radius 3 is 3.00 bits per heavy atom. The van der Waals surface area contributed by atoms with Crippen molar-refractivity contribution in [3.8, 4) is 0 Å². The fourth-order valence-electron chi connectivity index (χ4n) is 3.13. The lowest BCUT2D eigenvalue weighted by molar-refractivity contribution is 0.0936. The van der Waals surface area contributed by atoms with Crippen molar-refractivity contribution in [3.63, 3.8) is 0 Å². The van der Waals surface area contributed by atoms with E-state index in [4.69, 9.17) is 0 Å². The third kappa shape index (κ3) is 2.35. The number of hydrogen-bond donors (Lipinski definition) is 1. The van der Waals surface area contributed by atoms with E-state index < -0.39 is 0 Å². The maximum absolute atomic E-state index is 12.6. The van der Waals surface area contributed by atoms with Gasteiger partial charge in [-0.3, -0.25) is 9.59 Å². The predicted molar refractivity (Wildman–Crippen MR) is 83.7 cm³/mol.